The Morgan fingerprint density at radius 3 is 0.844 bits per heavy atom. The molecule has 23 N–H and O–H groups in total. The lowest BCUT2D eigenvalue weighted by molar-refractivity contribution is -0.0589. The van der Waals surface area contributed by atoms with E-state index in [1.54, 1.807) is 0 Å². The Labute approximate surface area is 776 Å². The van der Waals surface area contributed by atoms with Crippen molar-refractivity contribution in [2.24, 2.45) is 0 Å². The number of halogens is 3. The molecular weight excluding hydrogens is 2060 g/mol. The first kappa shape index (κ1) is 96.0. The molecule has 135 heavy (non-hydrogen) atoms. The molecule has 12 aromatic heterocycles. The van der Waals surface area contributed by atoms with E-state index in [0.29, 0.717) is 0 Å². The molecule has 21 rings (SSSR count). The molecule has 9 aliphatic rings. The van der Waals surface area contributed by atoms with Crippen LogP contribution >= 0.6 is 52.6 Å². The van der Waals surface area contributed by atoms with Crippen LogP contribution in [0.4, 0.5) is 48.5 Å². The first-order chi connectivity index (χ1) is 63.9. The van der Waals surface area contributed by atoms with E-state index in [1.165, 1.54) is 62.6 Å². The van der Waals surface area contributed by atoms with E-state index in [9.17, 15) is 58.7 Å². The van der Waals surface area contributed by atoms with Gasteiger partial charge < -0.3 is 125 Å². The second-order valence-corrected chi connectivity index (χ2v) is 47.1. The smallest absolute Gasteiger partial charge is 0.386 e. The molecule has 75 heteroatoms. The second kappa shape index (κ2) is 36.6. The molecule has 6 unspecified atom stereocenters. The molecule has 0 bridgehead atoms. The number of fused-ring (bicyclic) bond motifs is 12. The highest BCUT2D eigenvalue weighted by Gasteiger charge is 2.59. The van der Waals surface area contributed by atoms with Crippen LogP contribution < -0.4 is 51.1 Å². The predicted octanol–water partition coefficient (Wildman–Crippen LogP) is -2.57. The fourth-order valence-electron chi connectivity index (χ4n) is 15.8. The van der Waals surface area contributed by atoms with Gasteiger partial charge in [0.05, 0.1) is 77.6 Å². The van der Waals surface area contributed by atoms with Crippen molar-refractivity contribution < 1.29 is 140 Å². The van der Waals surface area contributed by atoms with Crippen molar-refractivity contribution in [3.8, 4) is 0 Å². The van der Waals surface area contributed by atoms with Crippen LogP contribution in [0.3, 0.4) is 0 Å². The minimum Gasteiger partial charge on any atom is -0.386 e. The number of aliphatic hydroxyl groups is 3. The molecule has 0 amide bonds. The number of ether oxygens (including phenoxy) is 6. The van der Waals surface area contributed by atoms with Crippen LogP contribution in [0.25, 0.3) is 67.0 Å². The molecule has 21 heterocycles. The summed E-state index contributed by atoms with van der Waals surface area (Å²) in [5.74, 6) is -0.488. The van der Waals surface area contributed by atoms with E-state index in [4.69, 9.17) is 176 Å². The van der Waals surface area contributed by atoms with Crippen molar-refractivity contribution >= 4 is 214 Å². The minimum absolute atomic E-state index is 0.0258. The Bertz CT molecular complexity index is 6500. The zero-order valence-corrected chi connectivity index (χ0v) is 77.4. The molecule has 9 saturated heterocycles. The van der Waals surface area contributed by atoms with Crippen molar-refractivity contribution in [2.45, 2.75) is 147 Å². The van der Waals surface area contributed by atoms with Crippen LogP contribution in [0, 0.1) is 0 Å². The molecule has 30 atom stereocenters. The number of alkyl halides is 3. The molecule has 60 nitrogen and oxygen atoms in total. The number of H-pyrrole nitrogens is 3. The van der Waals surface area contributed by atoms with E-state index >= 15 is 13.2 Å². The maximum atomic E-state index is 16.0. The quantitative estimate of drug-likeness (QED) is 0.0601. The van der Waals surface area contributed by atoms with E-state index < -0.39 is 244 Å². The van der Waals surface area contributed by atoms with E-state index in [2.05, 4.69) is 102 Å². The van der Waals surface area contributed by atoms with E-state index in [0.717, 1.165) is 21.8 Å². The van der Waals surface area contributed by atoms with Gasteiger partial charge in [0.25, 0.3) is 16.7 Å². The average molecular weight is 2130 g/mol. The molecule has 9 aliphatic heterocycles. The second-order valence-electron chi connectivity index (χ2n) is 30.3. The summed E-state index contributed by atoms with van der Waals surface area (Å²) < 4.78 is 171. The van der Waals surface area contributed by atoms with Gasteiger partial charge in [0, 0.05) is 0 Å². The molecule has 0 aromatic carbocycles. The summed E-state index contributed by atoms with van der Waals surface area (Å²) in [6, 6.07) is 0. The van der Waals surface area contributed by atoms with Gasteiger partial charge in [-0.15, -0.1) is 0 Å². The fourth-order valence-corrected chi connectivity index (χ4v) is 24.5. The van der Waals surface area contributed by atoms with Gasteiger partial charge in [-0.05, 0) is 59.0 Å². The van der Waals surface area contributed by atoms with Crippen molar-refractivity contribution in [2.75, 3.05) is 74.0 Å². The monoisotopic (exact) mass is 2120 g/mol. The number of thiol groups is 1. The van der Waals surface area contributed by atoms with Gasteiger partial charge in [-0.25, -0.2) is 77.5 Å². The number of aromatic amines is 3. The zero-order valence-electron chi connectivity index (χ0n) is 67.0. The maximum absolute atomic E-state index is 16.0. The summed E-state index contributed by atoms with van der Waals surface area (Å²) >= 11 is 29.9. The number of nitrogens with one attached hydrogen (secondary N) is 3. The molecule has 0 spiro atoms. The van der Waals surface area contributed by atoms with Gasteiger partial charge in [-0.2, -0.15) is 15.0 Å². The summed E-state index contributed by atoms with van der Waals surface area (Å²) in [5.41, 5.74) is 33.3. The third kappa shape index (κ3) is 18.7. The highest BCUT2D eigenvalue weighted by atomic mass is 32.7. The number of nitrogens with two attached hydrogens (primary N) is 6. The van der Waals surface area contributed by atoms with Gasteiger partial charge in [0.1, 0.15) is 127 Å². The van der Waals surface area contributed by atoms with Crippen LogP contribution in [0.1, 0.15) is 37.4 Å². The number of nitrogens with zero attached hydrogens (tertiary/aromatic N) is 21. The topological polar surface area (TPSA) is 823 Å². The van der Waals surface area contributed by atoms with Crippen molar-refractivity contribution in [1.29, 1.82) is 0 Å². The number of imidazole rings is 6. The maximum Gasteiger partial charge on any atom is 0.386 e. The van der Waals surface area contributed by atoms with Crippen molar-refractivity contribution in [3.05, 3.63) is 88.0 Å². The molecule has 726 valence electrons. The summed E-state index contributed by atoms with van der Waals surface area (Å²) in [5, 5.41) is 33.7. The van der Waals surface area contributed by atoms with Gasteiger partial charge in [0.2, 0.25) is 17.8 Å². The number of nitrogen functional groups attached to an aromatic ring is 6. The lowest BCUT2D eigenvalue weighted by Crippen LogP contribution is -2.38. The first-order valence-electron chi connectivity index (χ1n) is 38.7. The van der Waals surface area contributed by atoms with Crippen LogP contribution in [0.2, 0.25) is 0 Å². The zero-order chi connectivity index (χ0) is 95.5. The van der Waals surface area contributed by atoms with Crippen LogP contribution in [0.15, 0.2) is 71.3 Å². The Kier molecular flexibility index (Phi) is 26.0. The predicted molar refractivity (Wildman–Crippen MR) is 467 cm³/mol. The van der Waals surface area contributed by atoms with Gasteiger partial charge in [-0.1, -0.05) is 12.2 Å². The van der Waals surface area contributed by atoms with Crippen molar-refractivity contribution in [1.82, 2.24) is 117 Å². The van der Waals surface area contributed by atoms with Crippen LogP contribution in [-0.2, 0) is 146 Å². The Morgan fingerprint density at radius 1 is 0.333 bits per heavy atom. The molecule has 9 fully saturated rings. The van der Waals surface area contributed by atoms with Crippen LogP contribution in [0.5, 0.6) is 0 Å². The Hall–Kier alpha value is -7.92. The normalized spacial score (nSPS) is 37.7. The molecular formula is C60H69F3N30O30P6S6. The lowest BCUT2D eigenvalue weighted by atomic mass is 10.1. The SMILES string of the molecule is Nc1nc2c(ncn2[C@@H]2O[C@@H]3COP(O)(=S)O[C@H]4[C@@H](F)[C@H](n5cnc6c(N)ncnc65)O[C@@H]4COP(O)(=S)O[C@H]3[C@H]2O)c(=O)[nH]1.Nc1nc2c(ncn2[C@@H]2O[C@@H]3COP(O)(=S)O[C@H]4[C@@H](O)[C@H](n5cnc6c(N)ncnc65)O[C@@H]4COP(=O)(S)O[C@H]3[C@H]2F)c(=O)[nH]1.Nc1nc2c(ncn2[C@@H]2O[C@@H]3COP(O)(=S)O[C@H]4[C@@H](O)[C@H](n5cnc6c(N)ncnc65)O[C@@H]4COP(O)(=S)O[C@H]3[C@H]2F)c(=O)[nH]1. The molecule has 0 radical (unpaired) electrons. The molecule has 0 aliphatic carbocycles. The number of aromatic nitrogens is 24. The third-order valence-electron chi connectivity index (χ3n) is 21.8. The fraction of sp³-hybridized carbons (Fsp3) is 0.500. The standard InChI is InChI=1S/3C20H23FN10O10P2S2/c2*21-8-12-6(38-18(8)31-5-27-10-16(31)28-20(23)29-17(10)33)1-36-43(35,45)41-13-7(2-37-42(34,44)40-12)39-19(11(13)32)30-4-26-9-14(22)24-3-25-15(9)30;21-8-12-6(38-18(8)30-4-26-9-14(22)24-3-25-15(9)30)1-36-43(35,45)41-13-7(2-37-42(34,44)40-12)39-19(11(13)32)31-5-27-10-16(31)28-20(23)29-17(10)33/h3*3-8,11-13,18-19,32H,1-2H2,(H,34,44)(H,35,45)(H2,22,24,25)(H3,23,28,29,33)/t3*6-,7-,8-,11-,12-,13-,18-,19-,42?,43?/m111/s1. The third-order valence-corrected chi connectivity index (χ3v) is 31.2. The summed E-state index contributed by atoms with van der Waals surface area (Å²) in [6.07, 6.45) is -25.0. The Morgan fingerprint density at radius 2 is 0.556 bits per heavy atom. The first-order valence-corrected chi connectivity index (χ1v) is 54.4. The Balaban J connectivity index is 0.000000130. The number of rotatable bonds is 6. The van der Waals surface area contributed by atoms with Crippen molar-refractivity contribution in [3.63, 3.8) is 0 Å². The van der Waals surface area contributed by atoms with Gasteiger partial charge >= 0.3 is 40.4 Å². The van der Waals surface area contributed by atoms with Gasteiger partial charge in [0.15, 0.2) is 124 Å². The largest absolute Gasteiger partial charge is 0.386 e. The number of anilines is 6. The van der Waals surface area contributed by atoms with E-state index in [-0.39, 0.29) is 102 Å². The summed E-state index contributed by atoms with van der Waals surface area (Å²) in [7, 11) is 0. The molecule has 0 saturated carbocycles. The molecule has 12 aromatic rings. The highest BCUT2D eigenvalue weighted by Crippen LogP contribution is 2.61. The minimum atomic E-state index is -4.39. The van der Waals surface area contributed by atoms with Gasteiger partial charge in [-0.3, -0.25) is 88.4 Å². The number of aliphatic hydroxyl groups excluding tert-OH is 3. The number of hydrogen-bond donors (Lipinski definition) is 18. The summed E-state index contributed by atoms with van der Waals surface area (Å²) in [6.45, 7) is -29.1. The lowest BCUT2D eigenvalue weighted by Gasteiger charge is -2.30. The van der Waals surface area contributed by atoms with E-state index in [1.807, 2.05) is 0 Å². The van der Waals surface area contributed by atoms with Crippen LogP contribution in [-0.4, -0.2) is 307 Å². The summed E-state index contributed by atoms with van der Waals surface area (Å²) in [4.78, 5) is 159. The number of hydrogen-bond acceptors (Lipinski definition) is 51. The highest BCUT2D eigenvalue weighted by molar-refractivity contribution is 8.44. The average Bonchev–Trinajstić information content (AvgIpc) is 1.62.